The van der Waals surface area contributed by atoms with E-state index in [0.717, 1.165) is 0 Å². The first-order valence-corrected chi connectivity index (χ1v) is 2.26. The van der Waals surface area contributed by atoms with E-state index in [1.807, 2.05) is 0 Å². The standard InChI is InChI=1S/C3H8O2S/c1-5-3(4)2-6/h3-4,6H,2H2,1H3. The Morgan fingerprint density at radius 1 is 2.00 bits per heavy atom. The Balaban J connectivity index is 2.75. The quantitative estimate of drug-likeness (QED) is 0.381. The highest BCUT2D eigenvalue weighted by molar-refractivity contribution is 7.80. The topological polar surface area (TPSA) is 29.5 Å². The number of thiol groups is 1. The predicted molar refractivity (Wildman–Crippen MR) is 26.9 cm³/mol. The molecule has 0 fully saturated rings. The molecule has 6 heavy (non-hydrogen) atoms. The smallest absolute Gasteiger partial charge is 0.162 e. The van der Waals surface area contributed by atoms with Gasteiger partial charge in [0.05, 0.1) is 0 Å². The molecule has 0 aliphatic heterocycles. The van der Waals surface area contributed by atoms with Crippen molar-refractivity contribution in [3.05, 3.63) is 0 Å². The zero-order valence-electron chi connectivity index (χ0n) is 3.59. The summed E-state index contributed by atoms with van der Waals surface area (Å²) in [5, 5.41) is 8.37. The number of ether oxygens (including phenoxy) is 1. The Bertz CT molecular complexity index is 28.0. The molecular weight excluding hydrogens is 100 g/mol. The van der Waals surface area contributed by atoms with Gasteiger partial charge in [0.25, 0.3) is 0 Å². The molecule has 0 spiro atoms. The largest absolute Gasteiger partial charge is 0.367 e. The fraction of sp³-hybridized carbons (Fsp3) is 1.00. The van der Waals surface area contributed by atoms with E-state index in [4.69, 9.17) is 5.11 Å². The monoisotopic (exact) mass is 108 g/mol. The van der Waals surface area contributed by atoms with Gasteiger partial charge in [-0.2, -0.15) is 12.6 Å². The summed E-state index contributed by atoms with van der Waals surface area (Å²) in [6, 6.07) is 0. The number of hydrogen-bond acceptors (Lipinski definition) is 3. The molecule has 0 aromatic rings. The average Bonchev–Trinajstić information content (AvgIpc) is 1.65. The van der Waals surface area contributed by atoms with E-state index < -0.39 is 6.29 Å². The van der Waals surface area contributed by atoms with Gasteiger partial charge in [-0.25, -0.2) is 0 Å². The molecule has 0 aliphatic rings. The number of methoxy groups -OCH3 is 1. The summed E-state index contributed by atoms with van der Waals surface area (Å²) in [7, 11) is 1.43. The van der Waals surface area contributed by atoms with E-state index in [9.17, 15) is 0 Å². The minimum absolute atomic E-state index is 0.358. The van der Waals surface area contributed by atoms with Gasteiger partial charge in [0.15, 0.2) is 6.29 Å². The van der Waals surface area contributed by atoms with Gasteiger partial charge in [0.2, 0.25) is 0 Å². The summed E-state index contributed by atoms with van der Waals surface area (Å²) in [6.07, 6.45) is -0.701. The highest BCUT2D eigenvalue weighted by Crippen LogP contribution is 1.83. The molecule has 0 saturated carbocycles. The van der Waals surface area contributed by atoms with Gasteiger partial charge in [0.1, 0.15) is 0 Å². The van der Waals surface area contributed by atoms with Crippen molar-refractivity contribution in [2.45, 2.75) is 6.29 Å². The molecule has 0 aromatic carbocycles. The van der Waals surface area contributed by atoms with Crippen molar-refractivity contribution >= 4 is 12.6 Å². The highest BCUT2D eigenvalue weighted by Gasteiger charge is 1.91. The zero-order valence-corrected chi connectivity index (χ0v) is 4.48. The highest BCUT2D eigenvalue weighted by atomic mass is 32.1. The lowest BCUT2D eigenvalue weighted by Gasteiger charge is -1.99. The van der Waals surface area contributed by atoms with Crippen LogP contribution in [-0.4, -0.2) is 24.3 Å². The second-order valence-corrected chi connectivity index (χ2v) is 1.24. The molecular formula is C3H8O2S. The Morgan fingerprint density at radius 3 is 2.50 bits per heavy atom. The molecule has 2 nitrogen and oxygen atoms in total. The van der Waals surface area contributed by atoms with Crippen molar-refractivity contribution in [2.75, 3.05) is 12.9 Å². The molecule has 0 heterocycles. The molecule has 38 valence electrons. The summed E-state index contributed by atoms with van der Waals surface area (Å²) in [4.78, 5) is 0. The van der Waals surface area contributed by atoms with Gasteiger partial charge in [-0.05, 0) is 0 Å². The van der Waals surface area contributed by atoms with Crippen LogP contribution in [0.15, 0.2) is 0 Å². The Labute approximate surface area is 42.5 Å². The Morgan fingerprint density at radius 2 is 2.50 bits per heavy atom. The molecule has 1 unspecified atom stereocenters. The van der Waals surface area contributed by atoms with Crippen LogP contribution >= 0.6 is 12.6 Å². The van der Waals surface area contributed by atoms with Crippen molar-refractivity contribution in [3.63, 3.8) is 0 Å². The SMILES string of the molecule is COC(O)CS. The average molecular weight is 108 g/mol. The van der Waals surface area contributed by atoms with E-state index >= 15 is 0 Å². The number of aliphatic hydroxyl groups excluding tert-OH is 1. The fourth-order valence-electron chi connectivity index (χ4n) is 0.0745. The molecule has 0 saturated heterocycles. The minimum atomic E-state index is -0.701. The van der Waals surface area contributed by atoms with Crippen molar-refractivity contribution < 1.29 is 9.84 Å². The third-order valence-electron chi connectivity index (χ3n) is 0.428. The van der Waals surface area contributed by atoms with Gasteiger partial charge in [-0.15, -0.1) is 0 Å². The molecule has 0 rings (SSSR count). The van der Waals surface area contributed by atoms with Gasteiger partial charge in [-0.1, -0.05) is 0 Å². The summed E-state index contributed by atoms with van der Waals surface area (Å²) in [6.45, 7) is 0. The van der Waals surface area contributed by atoms with Crippen LogP contribution in [0.25, 0.3) is 0 Å². The molecule has 0 amide bonds. The molecule has 0 aliphatic carbocycles. The first-order valence-electron chi connectivity index (χ1n) is 1.63. The maximum Gasteiger partial charge on any atom is 0.162 e. The summed E-state index contributed by atoms with van der Waals surface area (Å²) in [5.41, 5.74) is 0. The number of aliphatic hydroxyl groups is 1. The van der Waals surface area contributed by atoms with Crippen molar-refractivity contribution in [1.29, 1.82) is 0 Å². The molecule has 1 atom stereocenters. The molecule has 3 heteroatoms. The van der Waals surface area contributed by atoms with Crippen LogP contribution in [0.3, 0.4) is 0 Å². The zero-order chi connectivity index (χ0) is 4.99. The van der Waals surface area contributed by atoms with Crippen molar-refractivity contribution in [2.24, 2.45) is 0 Å². The van der Waals surface area contributed by atoms with Crippen LogP contribution < -0.4 is 0 Å². The van der Waals surface area contributed by atoms with E-state index in [-0.39, 0.29) is 0 Å². The fourth-order valence-corrected chi connectivity index (χ4v) is 0.224. The van der Waals surface area contributed by atoms with E-state index in [1.165, 1.54) is 7.11 Å². The molecule has 0 bridgehead atoms. The summed E-state index contributed by atoms with van der Waals surface area (Å²) in [5.74, 6) is 0.358. The van der Waals surface area contributed by atoms with Crippen molar-refractivity contribution in [3.8, 4) is 0 Å². The van der Waals surface area contributed by atoms with Crippen LogP contribution in [-0.2, 0) is 4.74 Å². The Kier molecular flexibility index (Phi) is 3.62. The third-order valence-corrected chi connectivity index (χ3v) is 0.741. The first-order chi connectivity index (χ1) is 2.81. The van der Waals surface area contributed by atoms with Gasteiger partial charge >= 0.3 is 0 Å². The first kappa shape index (κ1) is 6.27. The van der Waals surface area contributed by atoms with Crippen LogP contribution in [0.5, 0.6) is 0 Å². The number of rotatable bonds is 2. The minimum Gasteiger partial charge on any atom is -0.367 e. The maximum atomic E-state index is 8.37. The molecule has 1 N–H and O–H groups in total. The predicted octanol–water partition coefficient (Wildman–Crippen LogP) is -0.119. The lowest BCUT2D eigenvalue weighted by molar-refractivity contribution is -0.0543. The lowest BCUT2D eigenvalue weighted by atomic mass is 10.8. The van der Waals surface area contributed by atoms with E-state index in [2.05, 4.69) is 17.4 Å². The second-order valence-electron chi connectivity index (χ2n) is 0.873. The van der Waals surface area contributed by atoms with Crippen molar-refractivity contribution in [1.82, 2.24) is 0 Å². The molecule has 0 radical (unpaired) electrons. The second kappa shape index (κ2) is 3.46. The summed E-state index contributed by atoms with van der Waals surface area (Å²) < 4.78 is 4.38. The molecule has 0 aromatic heterocycles. The van der Waals surface area contributed by atoms with Crippen LogP contribution in [0.1, 0.15) is 0 Å². The van der Waals surface area contributed by atoms with E-state index in [1.54, 1.807) is 0 Å². The van der Waals surface area contributed by atoms with Gasteiger partial charge < -0.3 is 9.84 Å². The lowest BCUT2D eigenvalue weighted by Crippen LogP contribution is -2.09. The van der Waals surface area contributed by atoms with Crippen LogP contribution in [0.2, 0.25) is 0 Å². The number of hydrogen-bond donors (Lipinski definition) is 2. The Hall–Kier alpha value is 0.270. The summed E-state index contributed by atoms with van der Waals surface area (Å²) >= 11 is 3.72. The normalized spacial score (nSPS) is 14.5. The van der Waals surface area contributed by atoms with Gasteiger partial charge in [0, 0.05) is 12.9 Å². The van der Waals surface area contributed by atoms with Crippen LogP contribution in [0.4, 0.5) is 0 Å². The third kappa shape index (κ3) is 2.50. The maximum absolute atomic E-state index is 8.37. The van der Waals surface area contributed by atoms with Gasteiger partial charge in [-0.3, -0.25) is 0 Å². The van der Waals surface area contributed by atoms with E-state index in [0.29, 0.717) is 5.75 Å². The van der Waals surface area contributed by atoms with Crippen LogP contribution in [0, 0.1) is 0 Å².